The number of hydrogen-bond donors (Lipinski definition) is 0. The Balaban J connectivity index is 3.83. The van der Waals surface area contributed by atoms with Crippen molar-refractivity contribution in [2.24, 2.45) is 15.9 Å². The zero-order valence-corrected chi connectivity index (χ0v) is 8.69. The maximum absolute atomic E-state index is 10.1. The molecule has 0 spiro atoms. The van der Waals surface area contributed by atoms with Crippen molar-refractivity contribution < 1.29 is 9.59 Å². The molecule has 0 amide bonds. The van der Waals surface area contributed by atoms with Gasteiger partial charge < -0.3 is 0 Å². The lowest BCUT2D eigenvalue weighted by atomic mass is 9.97. The Kier molecular flexibility index (Phi) is 7.62. The van der Waals surface area contributed by atoms with Crippen LogP contribution in [0.15, 0.2) is 9.98 Å². The van der Waals surface area contributed by atoms with Crippen molar-refractivity contribution in [1.82, 2.24) is 0 Å². The molecule has 14 heavy (non-hydrogen) atoms. The van der Waals surface area contributed by atoms with Crippen molar-refractivity contribution >= 4 is 12.2 Å². The van der Waals surface area contributed by atoms with E-state index in [9.17, 15) is 9.59 Å². The summed E-state index contributed by atoms with van der Waals surface area (Å²) in [5.74, 6) is 0.411. The van der Waals surface area contributed by atoms with Gasteiger partial charge in [0.1, 0.15) is 0 Å². The summed E-state index contributed by atoms with van der Waals surface area (Å²) in [5, 5.41) is 0. The molecule has 0 aliphatic heterocycles. The van der Waals surface area contributed by atoms with Crippen LogP contribution in [0.4, 0.5) is 0 Å². The van der Waals surface area contributed by atoms with E-state index in [0.29, 0.717) is 12.5 Å². The molecule has 2 atom stereocenters. The number of isocyanates is 2. The molecule has 0 aromatic heterocycles. The first-order chi connectivity index (χ1) is 6.74. The lowest BCUT2D eigenvalue weighted by molar-refractivity contribution is 0.434. The molecule has 0 aromatic carbocycles. The monoisotopic (exact) mass is 196 g/mol. The maximum Gasteiger partial charge on any atom is 0.235 e. The number of carbonyl (C=O) groups excluding carboxylic acids is 2. The summed E-state index contributed by atoms with van der Waals surface area (Å²) in [7, 11) is 0. The van der Waals surface area contributed by atoms with E-state index in [2.05, 4.69) is 16.9 Å². The second-order valence-corrected chi connectivity index (χ2v) is 3.39. The first-order valence-corrected chi connectivity index (χ1v) is 4.85. The van der Waals surface area contributed by atoms with Crippen LogP contribution in [-0.4, -0.2) is 24.7 Å². The highest BCUT2D eigenvalue weighted by Gasteiger charge is 2.09. The smallest absolute Gasteiger partial charge is 0.211 e. The van der Waals surface area contributed by atoms with Crippen LogP contribution < -0.4 is 0 Å². The highest BCUT2D eigenvalue weighted by Crippen LogP contribution is 2.14. The summed E-state index contributed by atoms with van der Waals surface area (Å²) < 4.78 is 0. The quantitative estimate of drug-likeness (QED) is 0.461. The lowest BCUT2D eigenvalue weighted by Crippen LogP contribution is -2.09. The first-order valence-electron chi connectivity index (χ1n) is 4.85. The van der Waals surface area contributed by atoms with Crippen LogP contribution >= 0.6 is 0 Å². The molecule has 2 unspecified atom stereocenters. The Morgan fingerprint density at radius 3 is 2.50 bits per heavy atom. The van der Waals surface area contributed by atoms with Crippen molar-refractivity contribution in [3.05, 3.63) is 0 Å². The molecule has 0 fully saturated rings. The molecule has 4 heteroatoms. The van der Waals surface area contributed by atoms with Gasteiger partial charge in [0.05, 0.1) is 12.6 Å². The molecule has 0 bridgehead atoms. The topological polar surface area (TPSA) is 58.9 Å². The third-order valence-electron chi connectivity index (χ3n) is 2.18. The molecule has 0 N–H and O–H groups in total. The molecule has 78 valence electrons. The van der Waals surface area contributed by atoms with Crippen molar-refractivity contribution in [3.8, 4) is 0 Å². The zero-order chi connectivity index (χ0) is 10.8. The van der Waals surface area contributed by atoms with E-state index >= 15 is 0 Å². The van der Waals surface area contributed by atoms with Crippen molar-refractivity contribution in [2.45, 2.75) is 39.2 Å². The Morgan fingerprint density at radius 1 is 1.29 bits per heavy atom. The maximum atomic E-state index is 10.1. The van der Waals surface area contributed by atoms with Crippen LogP contribution in [0.25, 0.3) is 0 Å². The van der Waals surface area contributed by atoms with E-state index in [1.165, 1.54) is 6.08 Å². The van der Waals surface area contributed by atoms with E-state index in [1.807, 2.05) is 6.92 Å². The highest BCUT2D eigenvalue weighted by molar-refractivity contribution is 5.33. The number of rotatable bonds is 7. The van der Waals surface area contributed by atoms with Gasteiger partial charge in [-0.2, -0.15) is 0 Å². The third-order valence-corrected chi connectivity index (χ3v) is 2.18. The third kappa shape index (κ3) is 6.30. The van der Waals surface area contributed by atoms with E-state index in [-0.39, 0.29) is 6.04 Å². The second kappa shape index (κ2) is 8.36. The minimum Gasteiger partial charge on any atom is -0.211 e. The minimum atomic E-state index is 0.0581. The van der Waals surface area contributed by atoms with E-state index in [1.54, 1.807) is 6.08 Å². The lowest BCUT2D eigenvalue weighted by Gasteiger charge is -2.13. The predicted molar refractivity (Wildman–Crippen MR) is 53.6 cm³/mol. The molecule has 0 heterocycles. The summed E-state index contributed by atoms with van der Waals surface area (Å²) in [4.78, 5) is 27.0. The van der Waals surface area contributed by atoms with E-state index < -0.39 is 0 Å². The summed E-state index contributed by atoms with van der Waals surface area (Å²) >= 11 is 0. The second-order valence-electron chi connectivity index (χ2n) is 3.39. The van der Waals surface area contributed by atoms with E-state index in [0.717, 1.165) is 19.3 Å². The van der Waals surface area contributed by atoms with Gasteiger partial charge in [0, 0.05) is 0 Å². The Hall–Kier alpha value is -1.24. The molecule has 0 aliphatic carbocycles. The Labute approximate surface area is 84.1 Å². The summed E-state index contributed by atoms with van der Waals surface area (Å²) in [6, 6.07) is 0.0581. The van der Waals surface area contributed by atoms with Gasteiger partial charge >= 0.3 is 0 Å². The largest absolute Gasteiger partial charge is 0.235 e. The predicted octanol–water partition coefficient (Wildman–Crippen LogP) is 1.85. The summed E-state index contributed by atoms with van der Waals surface area (Å²) in [6.45, 7) is 4.55. The molecule has 0 rings (SSSR count). The zero-order valence-electron chi connectivity index (χ0n) is 8.69. The van der Waals surface area contributed by atoms with Gasteiger partial charge in [-0.1, -0.05) is 13.8 Å². The molecule has 0 saturated carbocycles. The van der Waals surface area contributed by atoms with Gasteiger partial charge in [-0.3, -0.25) is 0 Å². The van der Waals surface area contributed by atoms with Gasteiger partial charge in [0.15, 0.2) is 0 Å². The molecule has 0 radical (unpaired) electrons. The van der Waals surface area contributed by atoms with Crippen LogP contribution in [0.2, 0.25) is 0 Å². The number of nitrogens with zero attached hydrogens (tertiary/aromatic N) is 2. The van der Waals surface area contributed by atoms with Crippen LogP contribution in [-0.2, 0) is 9.59 Å². The van der Waals surface area contributed by atoms with E-state index in [4.69, 9.17) is 0 Å². The van der Waals surface area contributed by atoms with Crippen LogP contribution in [0.3, 0.4) is 0 Å². The van der Waals surface area contributed by atoms with Crippen LogP contribution in [0.5, 0.6) is 0 Å². The normalized spacial score (nSPS) is 13.6. The first kappa shape index (κ1) is 12.8. The fraction of sp³-hybridized carbons (Fsp3) is 0.800. The van der Waals surface area contributed by atoms with Crippen LogP contribution in [0.1, 0.15) is 33.1 Å². The molecule has 0 aromatic rings. The van der Waals surface area contributed by atoms with Gasteiger partial charge in [0.2, 0.25) is 12.2 Å². The summed E-state index contributed by atoms with van der Waals surface area (Å²) in [5.41, 5.74) is 0. The molecule has 4 nitrogen and oxygen atoms in total. The Bertz CT molecular complexity index is 241. The average Bonchev–Trinajstić information content (AvgIpc) is 2.17. The minimum absolute atomic E-state index is 0.0581. The molecule has 0 aliphatic rings. The van der Waals surface area contributed by atoms with Crippen LogP contribution in [0, 0.1) is 5.92 Å². The summed E-state index contributed by atoms with van der Waals surface area (Å²) in [6.07, 6.45) is 5.61. The molecular weight excluding hydrogens is 180 g/mol. The van der Waals surface area contributed by atoms with Crippen molar-refractivity contribution in [3.63, 3.8) is 0 Å². The molecule has 0 saturated heterocycles. The SMILES string of the molecule is CCC(CC(C)CCN=C=O)N=C=O. The van der Waals surface area contributed by atoms with Crippen molar-refractivity contribution in [2.75, 3.05) is 6.54 Å². The number of hydrogen-bond acceptors (Lipinski definition) is 4. The fourth-order valence-electron chi connectivity index (χ4n) is 1.30. The van der Waals surface area contributed by atoms with Gasteiger partial charge in [-0.05, 0) is 25.2 Å². The number of aliphatic imine (C=N–C) groups is 2. The average molecular weight is 196 g/mol. The fourth-order valence-corrected chi connectivity index (χ4v) is 1.30. The van der Waals surface area contributed by atoms with Gasteiger partial charge in [-0.25, -0.2) is 19.6 Å². The molecular formula is C10H16N2O2. The Morgan fingerprint density at radius 2 is 2.00 bits per heavy atom. The van der Waals surface area contributed by atoms with Gasteiger partial charge in [0.25, 0.3) is 0 Å². The highest BCUT2D eigenvalue weighted by atomic mass is 16.1. The standard InChI is InChI=1S/C10H16N2O2/c1-3-10(12-8-14)6-9(2)4-5-11-7-13/h9-10H,3-6H2,1-2H3. The van der Waals surface area contributed by atoms with Crippen molar-refractivity contribution in [1.29, 1.82) is 0 Å². The van der Waals surface area contributed by atoms with Gasteiger partial charge in [-0.15, -0.1) is 0 Å².